The predicted molar refractivity (Wildman–Crippen MR) is 59.9 cm³/mol. The average Bonchev–Trinajstić information content (AvgIpc) is 2.73. The number of hydrogen-bond donors (Lipinski definition) is 1. The lowest BCUT2D eigenvalue weighted by molar-refractivity contribution is 0.415. The smallest absolute Gasteiger partial charge is 0.297 e. The molecular formula is C11H19N3O. The van der Waals surface area contributed by atoms with E-state index in [4.69, 9.17) is 4.42 Å². The van der Waals surface area contributed by atoms with Gasteiger partial charge in [0.15, 0.2) is 0 Å². The first-order valence-corrected chi connectivity index (χ1v) is 5.45. The second-order valence-electron chi connectivity index (χ2n) is 4.99. The summed E-state index contributed by atoms with van der Waals surface area (Å²) in [7, 11) is 1.91. The fourth-order valence-electron chi connectivity index (χ4n) is 1.98. The third-order valence-electron chi connectivity index (χ3n) is 2.85. The molecule has 1 aliphatic heterocycles. The summed E-state index contributed by atoms with van der Waals surface area (Å²) < 4.78 is 5.47. The van der Waals surface area contributed by atoms with Gasteiger partial charge in [0.25, 0.3) is 6.01 Å². The molecule has 84 valence electrons. The van der Waals surface area contributed by atoms with E-state index in [2.05, 4.69) is 29.0 Å². The lowest BCUT2D eigenvalue weighted by Crippen LogP contribution is -2.23. The standard InChI is InChI=1S/C11H19N3O/c1-11(2)4-5-14(8-11)10-13-9(6-12-3)7-15-10/h7,12H,4-6,8H2,1-3H3. The van der Waals surface area contributed by atoms with Crippen LogP contribution in [0.4, 0.5) is 6.01 Å². The Morgan fingerprint density at radius 2 is 2.40 bits per heavy atom. The molecule has 1 saturated heterocycles. The molecule has 4 heteroatoms. The molecule has 0 amide bonds. The van der Waals surface area contributed by atoms with Crippen molar-refractivity contribution in [3.63, 3.8) is 0 Å². The van der Waals surface area contributed by atoms with Gasteiger partial charge in [-0.05, 0) is 18.9 Å². The van der Waals surface area contributed by atoms with Crippen molar-refractivity contribution < 1.29 is 4.42 Å². The molecule has 1 N–H and O–H groups in total. The maximum atomic E-state index is 5.47. The minimum Gasteiger partial charge on any atom is -0.432 e. The summed E-state index contributed by atoms with van der Waals surface area (Å²) in [6, 6.07) is 0.769. The highest BCUT2D eigenvalue weighted by atomic mass is 16.4. The number of rotatable bonds is 3. The SMILES string of the molecule is CNCc1coc(N2CCC(C)(C)C2)n1. The van der Waals surface area contributed by atoms with E-state index in [0.29, 0.717) is 5.41 Å². The molecule has 1 fully saturated rings. The van der Waals surface area contributed by atoms with Crippen LogP contribution in [0.5, 0.6) is 0 Å². The highest BCUT2D eigenvalue weighted by Crippen LogP contribution is 2.31. The Labute approximate surface area is 90.7 Å². The summed E-state index contributed by atoms with van der Waals surface area (Å²) >= 11 is 0. The molecule has 2 heterocycles. The highest BCUT2D eigenvalue weighted by Gasteiger charge is 2.31. The first kappa shape index (κ1) is 10.5. The zero-order chi connectivity index (χ0) is 10.9. The van der Waals surface area contributed by atoms with Crippen molar-refractivity contribution in [1.82, 2.24) is 10.3 Å². The number of anilines is 1. The molecular weight excluding hydrogens is 190 g/mol. The van der Waals surface area contributed by atoms with Gasteiger partial charge in [-0.1, -0.05) is 13.8 Å². The Kier molecular flexibility index (Phi) is 2.69. The first-order valence-electron chi connectivity index (χ1n) is 5.45. The zero-order valence-electron chi connectivity index (χ0n) is 9.71. The van der Waals surface area contributed by atoms with Gasteiger partial charge >= 0.3 is 0 Å². The number of nitrogens with zero attached hydrogens (tertiary/aromatic N) is 2. The molecule has 0 saturated carbocycles. The minimum atomic E-state index is 0.387. The molecule has 0 radical (unpaired) electrons. The minimum absolute atomic E-state index is 0.387. The molecule has 0 unspecified atom stereocenters. The molecule has 2 rings (SSSR count). The third kappa shape index (κ3) is 2.31. The Morgan fingerprint density at radius 1 is 1.60 bits per heavy atom. The molecule has 0 spiro atoms. The third-order valence-corrected chi connectivity index (χ3v) is 2.85. The number of oxazole rings is 1. The number of aromatic nitrogens is 1. The zero-order valence-corrected chi connectivity index (χ0v) is 9.71. The summed E-state index contributed by atoms with van der Waals surface area (Å²) in [5.74, 6) is 0. The van der Waals surface area contributed by atoms with Crippen molar-refractivity contribution in [3.05, 3.63) is 12.0 Å². The second kappa shape index (κ2) is 3.85. The van der Waals surface area contributed by atoms with Crippen LogP contribution >= 0.6 is 0 Å². The van der Waals surface area contributed by atoms with Crippen LogP contribution in [0.2, 0.25) is 0 Å². The fraction of sp³-hybridized carbons (Fsp3) is 0.727. The van der Waals surface area contributed by atoms with Gasteiger partial charge in [0.1, 0.15) is 6.26 Å². The highest BCUT2D eigenvalue weighted by molar-refractivity contribution is 5.29. The maximum absolute atomic E-state index is 5.47. The molecule has 0 aliphatic carbocycles. The van der Waals surface area contributed by atoms with E-state index < -0.39 is 0 Å². The van der Waals surface area contributed by atoms with E-state index in [9.17, 15) is 0 Å². The molecule has 1 aromatic rings. The fourth-order valence-corrected chi connectivity index (χ4v) is 1.98. The van der Waals surface area contributed by atoms with Gasteiger partial charge in [0.2, 0.25) is 0 Å². The van der Waals surface area contributed by atoms with Crippen LogP contribution in [-0.2, 0) is 6.54 Å². The van der Waals surface area contributed by atoms with Crippen molar-refractivity contribution in [2.24, 2.45) is 5.41 Å². The van der Waals surface area contributed by atoms with Crippen molar-refractivity contribution in [1.29, 1.82) is 0 Å². The summed E-state index contributed by atoms with van der Waals surface area (Å²) in [5, 5.41) is 3.06. The van der Waals surface area contributed by atoms with E-state index in [1.54, 1.807) is 6.26 Å². The quantitative estimate of drug-likeness (QED) is 0.821. The Bertz CT molecular complexity index is 332. The van der Waals surface area contributed by atoms with Gasteiger partial charge in [-0.2, -0.15) is 4.98 Å². The van der Waals surface area contributed by atoms with E-state index in [0.717, 1.165) is 31.3 Å². The van der Waals surface area contributed by atoms with Gasteiger partial charge in [0.05, 0.1) is 5.69 Å². The van der Waals surface area contributed by atoms with Crippen LogP contribution in [-0.4, -0.2) is 25.1 Å². The van der Waals surface area contributed by atoms with Gasteiger partial charge in [-0.15, -0.1) is 0 Å². The average molecular weight is 209 g/mol. The topological polar surface area (TPSA) is 41.3 Å². The van der Waals surface area contributed by atoms with Gasteiger partial charge in [-0.3, -0.25) is 0 Å². The largest absolute Gasteiger partial charge is 0.432 e. The van der Waals surface area contributed by atoms with E-state index in [1.165, 1.54) is 6.42 Å². The van der Waals surface area contributed by atoms with Crippen LogP contribution in [0, 0.1) is 5.41 Å². The normalized spacial score (nSPS) is 19.8. The molecule has 0 atom stereocenters. The van der Waals surface area contributed by atoms with Crippen LogP contribution in [0.25, 0.3) is 0 Å². The molecule has 0 bridgehead atoms. The van der Waals surface area contributed by atoms with Gasteiger partial charge in [0, 0.05) is 19.6 Å². The van der Waals surface area contributed by atoms with Crippen molar-refractivity contribution in [2.75, 3.05) is 25.0 Å². The second-order valence-corrected chi connectivity index (χ2v) is 4.99. The van der Waals surface area contributed by atoms with Crippen LogP contribution in [0.1, 0.15) is 26.0 Å². The van der Waals surface area contributed by atoms with Crippen molar-refractivity contribution in [3.8, 4) is 0 Å². The Hall–Kier alpha value is -1.03. The summed E-state index contributed by atoms with van der Waals surface area (Å²) in [5.41, 5.74) is 1.36. The van der Waals surface area contributed by atoms with E-state index in [1.807, 2.05) is 7.05 Å². The molecule has 4 nitrogen and oxygen atoms in total. The maximum Gasteiger partial charge on any atom is 0.297 e. The number of nitrogens with one attached hydrogen (secondary N) is 1. The summed E-state index contributed by atoms with van der Waals surface area (Å²) in [4.78, 5) is 6.67. The molecule has 15 heavy (non-hydrogen) atoms. The predicted octanol–water partition coefficient (Wildman–Crippen LogP) is 1.63. The lowest BCUT2D eigenvalue weighted by Gasteiger charge is -2.17. The molecule has 0 aromatic carbocycles. The van der Waals surface area contributed by atoms with Crippen LogP contribution < -0.4 is 10.2 Å². The van der Waals surface area contributed by atoms with Gasteiger partial charge < -0.3 is 14.6 Å². The lowest BCUT2D eigenvalue weighted by atomic mass is 9.93. The van der Waals surface area contributed by atoms with Crippen molar-refractivity contribution >= 4 is 6.01 Å². The summed E-state index contributed by atoms with van der Waals surface area (Å²) in [6.45, 7) is 7.41. The van der Waals surface area contributed by atoms with E-state index >= 15 is 0 Å². The first-order chi connectivity index (χ1) is 7.11. The van der Waals surface area contributed by atoms with Crippen molar-refractivity contribution in [2.45, 2.75) is 26.8 Å². The molecule has 1 aromatic heterocycles. The number of hydrogen-bond acceptors (Lipinski definition) is 4. The monoisotopic (exact) mass is 209 g/mol. The van der Waals surface area contributed by atoms with Gasteiger partial charge in [-0.25, -0.2) is 0 Å². The molecule has 1 aliphatic rings. The van der Waals surface area contributed by atoms with E-state index in [-0.39, 0.29) is 0 Å². The Morgan fingerprint density at radius 3 is 3.00 bits per heavy atom. The van der Waals surface area contributed by atoms with Crippen LogP contribution in [0.3, 0.4) is 0 Å². The Balaban J connectivity index is 2.04. The van der Waals surface area contributed by atoms with Crippen LogP contribution in [0.15, 0.2) is 10.7 Å². The summed E-state index contributed by atoms with van der Waals surface area (Å²) in [6.07, 6.45) is 2.94.